The number of carbonyl (C=O) groups is 1. The van der Waals surface area contributed by atoms with E-state index in [0.717, 1.165) is 12.0 Å². The van der Waals surface area contributed by atoms with Crippen LogP contribution in [-0.4, -0.2) is 30.3 Å². The number of benzene rings is 1. The molecule has 1 amide bonds. The fraction of sp³-hybridized carbons (Fsp3) is 0.500. The average molecular weight is 251 g/mol. The van der Waals surface area contributed by atoms with Gasteiger partial charge < -0.3 is 15.2 Å². The van der Waals surface area contributed by atoms with Crippen LogP contribution in [0.4, 0.5) is 0 Å². The molecular formula is C14H21NO3. The molecule has 100 valence electrons. The van der Waals surface area contributed by atoms with Crippen molar-refractivity contribution in [2.24, 2.45) is 0 Å². The Bertz CT molecular complexity index is 383. The lowest BCUT2D eigenvalue weighted by atomic mass is 10.0. The van der Waals surface area contributed by atoms with Crippen molar-refractivity contribution in [3.05, 3.63) is 29.8 Å². The first-order valence-corrected chi connectivity index (χ1v) is 6.13. The number of phenols is 1. The summed E-state index contributed by atoms with van der Waals surface area (Å²) >= 11 is 0. The first kappa shape index (κ1) is 14.5. The first-order valence-electron chi connectivity index (χ1n) is 6.13. The van der Waals surface area contributed by atoms with E-state index in [0.29, 0.717) is 13.0 Å². The van der Waals surface area contributed by atoms with Crippen molar-refractivity contribution >= 4 is 5.91 Å². The Morgan fingerprint density at radius 3 is 2.50 bits per heavy atom. The molecule has 0 spiro atoms. The van der Waals surface area contributed by atoms with Gasteiger partial charge in [-0.25, -0.2) is 0 Å². The van der Waals surface area contributed by atoms with Gasteiger partial charge in [-0.2, -0.15) is 0 Å². The van der Waals surface area contributed by atoms with Crippen molar-refractivity contribution < 1.29 is 14.6 Å². The monoisotopic (exact) mass is 251 g/mol. The van der Waals surface area contributed by atoms with E-state index < -0.39 is 5.60 Å². The van der Waals surface area contributed by atoms with Gasteiger partial charge in [-0.3, -0.25) is 4.79 Å². The topological polar surface area (TPSA) is 58.6 Å². The number of rotatable bonds is 6. The molecule has 18 heavy (non-hydrogen) atoms. The molecule has 0 aliphatic heterocycles. The highest BCUT2D eigenvalue weighted by molar-refractivity contribution is 5.84. The van der Waals surface area contributed by atoms with Crippen molar-refractivity contribution in [1.29, 1.82) is 0 Å². The minimum Gasteiger partial charge on any atom is -0.508 e. The van der Waals surface area contributed by atoms with E-state index in [1.54, 1.807) is 26.2 Å². The number of aromatic hydroxyl groups is 1. The molecule has 1 unspecified atom stereocenters. The van der Waals surface area contributed by atoms with E-state index in [4.69, 9.17) is 9.84 Å². The van der Waals surface area contributed by atoms with Gasteiger partial charge in [0.25, 0.3) is 5.91 Å². The number of amides is 1. The molecule has 0 aliphatic carbocycles. The fourth-order valence-electron chi connectivity index (χ4n) is 1.57. The van der Waals surface area contributed by atoms with Gasteiger partial charge in [0.2, 0.25) is 0 Å². The molecular weight excluding hydrogens is 230 g/mol. The van der Waals surface area contributed by atoms with E-state index in [1.165, 1.54) is 0 Å². The Kier molecular flexibility index (Phi) is 5.16. The van der Waals surface area contributed by atoms with Crippen molar-refractivity contribution in [2.75, 3.05) is 13.7 Å². The molecule has 0 radical (unpaired) electrons. The highest BCUT2D eigenvalue weighted by Gasteiger charge is 2.30. The highest BCUT2D eigenvalue weighted by atomic mass is 16.5. The van der Waals surface area contributed by atoms with Crippen LogP contribution in [0.3, 0.4) is 0 Å². The molecule has 1 aromatic rings. The second-order valence-electron chi connectivity index (χ2n) is 4.46. The number of phenolic OH excluding ortho intramolecular Hbond substituents is 1. The second kappa shape index (κ2) is 6.40. The molecule has 2 N–H and O–H groups in total. The predicted octanol–water partition coefficient (Wildman–Crippen LogP) is 1.87. The van der Waals surface area contributed by atoms with Gasteiger partial charge in [-0.15, -0.1) is 0 Å². The maximum atomic E-state index is 11.9. The third-order valence-corrected chi connectivity index (χ3v) is 3.24. The SMILES string of the molecule is CCC(C)(OC)C(=O)NCCc1ccc(O)cc1. The predicted molar refractivity (Wildman–Crippen MR) is 70.5 cm³/mol. The maximum absolute atomic E-state index is 11.9. The number of hydrogen-bond acceptors (Lipinski definition) is 3. The van der Waals surface area contributed by atoms with Crippen LogP contribution in [0.2, 0.25) is 0 Å². The van der Waals surface area contributed by atoms with Crippen LogP contribution in [0.1, 0.15) is 25.8 Å². The van der Waals surface area contributed by atoms with Crippen molar-refractivity contribution in [2.45, 2.75) is 32.3 Å². The molecule has 4 nitrogen and oxygen atoms in total. The number of ether oxygens (including phenoxy) is 1. The molecule has 0 aromatic heterocycles. The Morgan fingerprint density at radius 1 is 1.39 bits per heavy atom. The standard InChI is InChI=1S/C14H21NO3/c1-4-14(2,18-3)13(17)15-10-9-11-5-7-12(16)8-6-11/h5-8,16H,4,9-10H2,1-3H3,(H,15,17). The summed E-state index contributed by atoms with van der Waals surface area (Å²) in [4.78, 5) is 11.9. The smallest absolute Gasteiger partial charge is 0.251 e. The van der Waals surface area contributed by atoms with Crippen LogP contribution < -0.4 is 5.32 Å². The van der Waals surface area contributed by atoms with Crippen LogP contribution in [0.5, 0.6) is 5.75 Å². The number of methoxy groups -OCH3 is 1. The Balaban J connectivity index is 2.42. The van der Waals surface area contributed by atoms with E-state index in [1.807, 2.05) is 19.1 Å². The van der Waals surface area contributed by atoms with Gasteiger partial charge in [-0.05, 0) is 37.5 Å². The summed E-state index contributed by atoms with van der Waals surface area (Å²) in [5, 5.41) is 12.0. The van der Waals surface area contributed by atoms with Gasteiger partial charge in [0.1, 0.15) is 11.4 Å². The molecule has 0 heterocycles. The Hall–Kier alpha value is -1.55. The summed E-state index contributed by atoms with van der Waals surface area (Å²) in [6.07, 6.45) is 1.37. The molecule has 0 saturated carbocycles. The minimum absolute atomic E-state index is 0.0914. The zero-order valence-corrected chi connectivity index (χ0v) is 11.2. The molecule has 0 aliphatic rings. The zero-order chi connectivity index (χ0) is 13.6. The van der Waals surface area contributed by atoms with Gasteiger partial charge in [0, 0.05) is 13.7 Å². The zero-order valence-electron chi connectivity index (χ0n) is 11.2. The quantitative estimate of drug-likeness (QED) is 0.811. The normalized spacial score (nSPS) is 13.9. The fourth-order valence-corrected chi connectivity index (χ4v) is 1.57. The molecule has 0 bridgehead atoms. The van der Waals surface area contributed by atoms with Gasteiger partial charge in [-0.1, -0.05) is 19.1 Å². The minimum atomic E-state index is -0.755. The van der Waals surface area contributed by atoms with Crippen LogP contribution in [0.15, 0.2) is 24.3 Å². The van der Waals surface area contributed by atoms with E-state index >= 15 is 0 Å². The second-order valence-corrected chi connectivity index (χ2v) is 4.46. The van der Waals surface area contributed by atoms with E-state index in [2.05, 4.69) is 5.32 Å². The summed E-state index contributed by atoms with van der Waals surface area (Å²) in [7, 11) is 1.54. The summed E-state index contributed by atoms with van der Waals surface area (Å²) in [5.74, 6) is 0.159. The summed E-state index contributed by atoms with van der Waals surface area (Å²) in [6, 6.07) is 6.97. The van der Waals surface area contributed by atoms with E-state index in [-0.39, 0.29) is 11.7 Å². The Morgan fingerprint density at radius 2 is 2.00 bits per heavy atom. The van der Waals surface area contributed by atoms with E-state index in [9.17, 15) is 4.79 Å². The lowest BCUT2D eigenvalue weighted by Gasteiger charge is -2.25. The average Bonchev–Trinajstić information content (AvgIpc) is 2.40. The van der Waals surface area contributed by atoms with Crippen molar-refractivity contribution in [1.82, 2.24) is 5.32 Å². The summed E-state index contributed by atoms with van der Waals surface area (Å²) < 4.78 is 5.22. The summed E-state index contributed by atoms with van der Waals surface area (Å²) in [6.45, 7) is 4.26. The number of nitrogens with one attached hydrogen (secondary N) is 1. The molecule has 0 saturated heterocycles. The van der Waals surface area contributed by atoms with Gasteiger partial charge in [0.15, 0.2) is 0 Å². The van der Waals surface area contributed by atoms with Crippen LogP contribution in [0.25, 0.3) is 0 Å². The van der Waals surface area contributed by atoms with Crippen molar-refractivity contribution in [3.63, 3.8) is 0 Å². The highest BCUT2D eigenvalue weighted by Crippen LogP contribution is 2.14. The van der Waals surface area contributed by atoms with Crippen LogP contribution in [-0.2, 0) is 16.0 Å². The van der Waals surface area contributed by atoms with Crippen LogP contribution in [0, 0.1) is 0 Å². The molecule has 1 rings (SSSR count). The summed E-state index contributed by atoms with van der Waals surface area (Å²) in [5.41, 5.74) is 0.318. The lowest BCUT2D eigenvalue weighted by Crippen LogP contribution is -2.46. The number of hydrogen-bond donors (Lipinski definition) is 2. The third kappa shape index (κ3) is 3.74. The van der Waals surface area contributed by atoms with Crippen molar-refractivity contribution in [3.8, 4) is 5.75 Å². The van der Waals surface area contributed by atoms with Gasteiger partial charge in [0.05, 0.1) is 0 Å². The lowest BCUT2D eigenvalue weighted by molar-refractivity contribution is -0.141. The molecule has 1 aromatic carbocycles. The first-order chi connectivity index (χ1) is 8.51. The van der Waals surface area contributed by atoms with Crippen LogP contribution >= 0.6 is 0 Å². The van der Waals surface area contributed by atoms with Gasteiger partial charge >= 0.3 is 0 Å². The molecule has 0 fully saturated rings. The Labute approximate surface area is 108 Å². The maximum Gasteiger partial charge on any atom is 0.251 e. The largest absolute Gasteiger partial charge is 0.508 e. The molecule has 4 heteroatoms. The number of carbonyl (C=O) groups excluding carboxylic acids is 1. The molecule has 1 atom stereocenters. The third-order valence-electron chi connectivity index (χ3n) is 3.24.